The van der Waals surface area contributed by atoms with E-state index in [9.17, 15) is 0 Å². The maximum absolute atomic E-state index is 2.38. The molecule has 0 amide bonds. The molecule has 0 aliphatic rings. The Morgan fingerprint density at radius 3 is 1.68 bits per heavy atom. The van der Waals surface area contributed by atoms with E-state index in [2.05, 4.69) is 95.4 Å². The van der Waals surface area contributed by atoms with Gasteiger partial charge in [0.15, 0.2) is 0 Å². The Hall–Kier alpha value is -1.61. The van der Waals surface area contributed by atoms with Gasteiger partial charge in [-0.25, -0.2) is 0 Å². The van der Waals surface area contributed by atoms with E-state index in [0.29, 0.717) is 0 Å². The SMILES string of the molecule is Ic1ccccc1-c1ccc(-c2ccccc2)cc1. The first kappa shape index (κ1) is 12.4. The molecule has 0 nitrogen and oxygen atoms in total. The van der Waals surface area contributed by atoms with E-state index in [1.165, 1.54) is 25.8 Å². The van der Waals surface area contributed by atoms with E-state index in [-0.39, 0.29) is 0 Å². The summed E-state index contributed by atoms with van der Waals surface area (Å²) in [6.45, 7) is 0. The molecule has 0 unspecified atom stereocenters. The molecule has 0 bridgehead atoms. The molecule has 0 atom stereocenters. The van der Waals surface area contributed by atoms with E-state index in [4.69, 9.17) is 0 Å². The van der Waals surface area contributed by atoms with Crippen LogP contribution in [0.25, 0.3) is 22.3 Å². The third kappa shape index (κ3) is 2.71. The number of benzene rings is 3. The van der Waals surface area contributed by atoms with Gasteiger partial charge in [0.05, 0.1) is 0 Å². The minimum Gasteiger partial charge on any atom is -0.0622 e. The van der Waals surface area contributed by atoms with Crippen LogP contribution < -0.4 is 0 Å². The summed E-state index contributed by atoms with van der Waals surface area (Å²) < 4.78 is 1.28. The van der Waals surface area contributed by atoms with Gasteiger partial charge in [-0.2, -0.15) is 0 Å². The quantitative estimate of drug-likeness (QED) is 0.523. The van der Waals surface area contributed by atoms with E-state index in [0.717, 1.165) is 0 Å². The minimum absolute atomic E-state index is 1.26. The molecule has 0 aromatic heterocycles. The monoisotopic (exact) mass is 356 g/mol. The molecule has 0 radical (unpaired) electrons. The van der Waals surface area contributed by atoms with Crippen LogP contribution in [0.1, 0.15) is 0 Å². The summed E-state index contributed by atoms with van der Waals surface area (Å²) in [5.74, 6) is 0. The number of hydrogen-bond acceptors (Lipinski definition) is 0. The van der Waals surface area contributed by atoms with Crippen LogP contribution in [0.2, 0.25) is 0 Å². The van der Waals surface area contributed by atoms with Crippen molar-refractivity contribution >= 4 is 22.6 Å². The summed E-state index contributed by atoms with van der Waals surface area (Å²) in [5, 5.41) is 0. The lowest BCUT2D eigenvalue weighted by Crippen LogP contribution is -1.83. The van der Waals surface area contributed by atoms with Crippen LogP contribution in [0.15, 0.2) is 78.9 Å². The summed E-state index contributed by atoms with van der Waals surface area (Å²) in [6, 6.07) is 27.7. The topological polar surface area (TPSA) is 0 Å². The van der Waals surface area contributed by atoms with Crippen molar-refractivity contribution in [1.82, 2.24) is 0 Å². The van der Waals surface area contributed by atoms with Crippen LogP contribution in [-0.2, 0) is 0 Å². The third-order valence-corrected chi connectivity index (χ3v) is 4.12. The lowest BCUT2D eigenvalue weighted by Gasteiger charge is -2.06. The number of rotatable bonds is 2. The maximum atomic E-state index is 2.38. The Bertz CT molecular complexity index is 670. The Labute approximate surface area is 127 Å². The van der Waals surface area contributed by atoms with Gasteiger partial charge in [-0.05, 0) is 50.9 Å². The first-order chi connectivity index (χ1) is 9.34. The van der Waals surface area contributed by atoms with Crippen LogP contribution in [0.4, 0.5) is 0 Å². The highest BCUT2D eigenvalue weighted by atomic mass is 127. The van der Waals surface area contributed by atoms with Gasteiger partial charge in [0.1, 0.15) is 0 Å². The Morgan fingerprint density at radius 1 is 0.474 bits per heavy atom. The zero-order valence-electron chi connectivity index (χ0n) is 10.4. The Morgan fingerprint density at radius 2 is 1.00 bits per heavy atom. The van der Waals surface area contributed by atoms with E-state index in [1.807, 2.05) is 6.07 Å². The third-order valence-electron chi connectivity index (χ3n) is 3.18. The Balaban J connectivity index is 1.98. The molecule has 0 heterocycles. The average Bonchev–Trinajstić information content (AvgIpc) is 2.49. The fraction of sp³-hybridized carbons (Fsp3) is 0. The first-order valence-electron chi connectivity index (χ1n) is 6.25. The number of halogens is 1. The van der Waals surface area contributed by atoms with Crippen molar-refractivity contribution < 1.29 is 0 Å². The molecule has 1 heteroatoms. The Kier molecular flexibility index (Phi) is 3.65. The van der Waals surface area contributed by atoms with Crippen LogP contribution in [0, 0.1) is 3.57 Å². The first-order valence-corrected chi connectivity index (χ1v) is 7.33. The van der Waals surface area contributed by atoms with Gasteiger partial charge in [0, 0.05) is 3.57 Å². The molecule has 3 aromatic rings. The summed E-state index contributed by atoms with van der Waals surface area (Å²) in [7, 11) is 0. The van der Waals surface area contributed by atoms with Gasteiger partial charge in [0.25, 0.3) is 0 Å². The number of hydrogen-bond donors (Lipinski definition) is 0. The van der Waals surface area contributed by atoms with Gasteiger partial charge in [-0.1, -0.05) is 72.8 Å². The van der Waals surface area contributed by atoms with Crippen molar-refractivity contribution in [2.24, 2.45) is 0 Å². The van der Waals surface area contributed by atoms with Gasteiger partial charge >= 0.3 is 0 Å². The molecule has 3 rings (SSSR count). The molecule has 19 heavy (non-hydrogen) atoms. The highest BCUT2D eigenvalue weighted by Crippen LogP contribution is 2.27. The smallest absolute Gasteiger partial charge is 0.0208 e. The zero-order chi connectivity index (χ0) is 13.1. The molecule has 0 fully saturated rings. The van der Waals surface area contributed by atoms with Crippen molar-refractivity contribution in [1.29, 1.82) is 0 Å². The highest BCUT2D eigenvalue weighted by molar-refractivity contribution is 14.1. The summed E-state index contributed by atoms with van der Waals surface area (Å²) in [5.41, 5.74) is 5.08. The summed E-state index contributed by atoms with van der Waals surface area (Å²) >= 11 is 2.38. The molecule has 0 aliphatic carbocycles. The van der Waals surface area contributed by atoms with E-state index in [1.54, 1.807) is 0 Å². The van der Waals surface area contributed by atoms with Gasteiger partial charge in [-0.15, -0.1) is 0 Å². The molecule has 0 saturated carbocycles. The van der Waals surface area contributed by atoms with Crippen molar-refractivity contribution in [3.8, 4) is 22.3 Å². The lowest BCUT2D eigenvalue weighted by molar-refractivity contribution is 1.57. The molecule has 92 valence electrons. The molecule has 0 saturated heterocycles. The van der Waals surface area contributed by atoms with Crippen LogP contribution in [0.3, 0.4) is 0 Å². The van der Waals surface area contributed by atoms with Crippen molar-refractivity contribution in [2.45, 2.75) is 0 Å². The largest absolute Gasteiger partial charge is 0.0622 e. The second-order valence-electron chi connectivity index (χ2n) is 4.42. The van der Waals surface area contributed by atoms with Crippen molar-refractivity contribution in [2.75, 3.05) is 0 Å². The molecule has 0 N–H and O–H groups in total. The predicted octanol–water partition coefficient (Wildman–Crippen LogP) is 5.63. The molecular weight excluding hydrogens is 343 g/mol. The maximum Gasteiger partial charge on any atom is 0.0208 e. The molecular formula is C18H13I. The van der Waals surface area contributed by atoms with Crippen molar-refractivity contribution in [3.63, 3.8) is 0 Å². The van der Waals surface area contributed by atoms with Gasteiger partial charge in [0.2, 0.25) is 0 Å². The fourth-order valence-corrected chi connectivity index (χ4v) is 2.87. The van der Waals surface area contributed by atoms with Gasteiger partial charge in [-0.3, -0.25) is 0 Å². The summed E-state index contributed by atoms with van der Waals surface area (Å²) in [4.78, 5) is 0. The van der Waals surface area contributed by atoms with Crippen LogP contribution >= 0.6 is 22.6 Å². The standard InChI is InChI=1S/C18H13I/c19-18-9-5-4-8-17(18)16-12-10-15(11-13-16)14-6-2-1-3-7-14/h1-13H. The molecule has 0 spiro atoms. The van der Waals surface area contributed by atoms with Crippen molar-refractivity contribution in [3.05, 3.63) is 82.4 Å². The average molecular weight is 356 g/mol. The minimum atomic E-state index is 1.26. The predicted molar refractivity (Wildman–Crippen MR) is 90.0 cm³/mol. The van der Waals surface area contributed by atoms with Gasteiger partial charge < -0.3 is 0 Å². The normalized spacial score (nSPS) is 10.4. The van der Waals surface area contributed by atoms with E-state index >= 15 is 0 Å². The second-order valence-corrected chi connectivity index (χ2v) is 5.59. The highest BCUT2D eigenvalue weighted by Gasteiger charge is 2.02. The summed E-state index contributed by atoms with van der Waals surface area (Å²) in [6.07, 6.45) is 0. The molecule has 0 aliphatic heterocycles. The fourth-order valence-electron chi connectivity index (χ4n) is 2.17. The zero-order valence-corrected chi connectivity index (χ0v) is 12.5. The second kappa shape index (κ2) is 5.57. The lowest BCUT2D eigenvalue weighted by atomic mass is 10.0. The van der Waals surface area contributed by atoms with E-state index < -0.39 is 0 Å². The van der Waals surface area contributed by atoms with Crippen LogP contribution in [-0.4, -0.2) is 0 Å². The molecule has 3 aromatic carbocycles. The van der Waals surface area contributed by atoms with Crippen LogP contribution in [0.5, 0.6) is 0 Å².